The normalized spacial score (nSPS) is 19.6. The molecule has 1 aromatic carbocycles. The maximum absolute atomic E-state index is 12.5. The first-order valence-corrected chi connectivity index (χ1v) is 9.47. The van der Waals surface area contributed by atoms with Gasteiger partial charge in [0, 0.05) is 18.0 Å². The number of benzene rings is 1. The molecule has 2 aromatic rings. The van der Waals surface area contributed by atoms with Crippen molar-refractivity contribution in [1.82, 2.24) is 15.1 Å². The van der Waals surface area contributed by atoms with Crippen molar-refractivity contribution in [3.63, 3.8) is 0 Å². The second-order valence-corrected chi connectivity index (χ2v) is 7.03. The van der Waals surface area contributed by atoms with Gasteiger partial charge in [0.15, 0.2) is 12.3 Å². The van der Waals surface area contributed by atoms with Crippen molar-refractivity contribution in [2.24, 2.45) is 5.92 Å². The monoisotopic (exact) mass is 371 g/mol. The Kier molecular flexibility index (Phi) is 5.88. The summed E-state index contributed by atoms with van der Waals surface area (Å²) < 4.78 is 6.41. The SMILES string of the molecule is CCn1nc(C(=O)OCC(=O)NC2CCCCC2C)c2ccccc2c1=O. The minimum absolute atomic E-state index is 0.0471. The number of ether oxygens (including phenoxy) is 1. The van der Waals surface area contributed by atoms with Crippen LogP contribution in [0.5, 0.6) is 0 Å². The number of aromatic nitrogens is 2. The van der Waals surface area contributed by atoms with Crippen molar-refractivity contribution in [3.05, 3.63) is 40.3 Å². The van der Waals surface area contributed by atoms with Crippen LogP contribution in [-0.2, 0) is 16.1 Å². The van der Waals surface area contributed by atoms with E-state index in [0.717, 1.165) is 19.3 Å². The first kappa shape index (κ1) is 19.1. The van der Waals surface area contributed by atoms with Crippen molar-refractivity contribution in [2.45, 2.75) is 52.1 Å². The average Bonchev–Trinajstić information content (AvgIpc) is 2.68. The third kappa shape index (κ3) is 4.18. The van der Waals surface area contributed by atoms with Gasteiger partial charge in [0.05, 0.1) is 5.39 Å². The number of nitrogens with one attached hydrogen (secondary N) is 1. The van der Waals surface area contributed by atoms with Gasteiger partial charge in [0.25, 0.3) is 11.5 Å². The van der Waals surface area contributed by atoms with E-state index >= 15 is 0 Å². The summed E-state index contributed by atoms with van der Waals surface area (Å²) >= 11 is 0. The van der Waals surface area contributed by atoms with Crippen LogP contribution < -0.4 is 10.9 Å². The van der Waals surface area contributed by atoms with E-state index in [4.69, 9.17) is 4.74 Å². The molecule has 1 heterocycles. The first-order valence-electron chi connectivity index (χ1n) is 9.47. The van der Waals surface area contributed by atoms with Crippen LogP contribution in [0.1, 0.15) is 50.0 Å². The van der Waals surface area contributed by atoms with Crippen LogP contribution >= 0.6 is 0 Å². The highest BCUT2D eigenvalue weighted by atomic mass is 16.5. The first-order chi connectivity index (χ1) is 13.0. The van der Waals surface area contributed by atoms with Crippen molar-refractivity contribution < 1.29 is 14.3 Å². The molecule has 1 amide bonds. The average molecular weight is 371 g/mol. The molecule has 144 valence electrons. The van der Waals surface area contributed by atoms with E-state index in [2.05, 4.69) is 17.3 Å². The topological polar surface area (TPSA) is 90.3 Å². The minimum atomic E-state index is -0.708. The van der Waals surface area contributed by atoms with Crippen molar-refractivity contribution >= 4 is 22.6 Å². The smallest absolute Gasteiger partial charge is 0.359 e. The molecular formula is C20H25N3O4. The van der Waals surface area contributed by atoms with Crippen LogP contribution in [0.25, 0.3) is 10.8 Å². The molecule has 0 saturated heterocycles. The number of rotatable bonds is 5. The van der Waals surface area contributed by atoms with E-state index in [1.165, 1.54) is 11.1 Å². The van der Waals surface area contributed by atoms with Crippen LogP contribution in [-0.4, -0.2) is 34.3 Å². The summed E-state index contributed by atoms with van der Waals surface area (Å²) in [6.07, 6.45) is 4.34. The van der Waals surface area contributed by atoms with E-state index < -0.39 is 5.97 Å². The van der Waals surface area contributed by atoms with Crippen LogP contribution in [0.3, 0.4) is 0 Å². The van der Waals surface area contributed by atoms with Gasteiger partial charge in [0.1, 0.15) is 0 Å². The third-order valence-electron chi connectivity index (χ3n) is 5.15. The zero-order chi connectivity index (χ0) is 19.4. The van der Waals surface area contributed by atoms with Gasteiger partial charge in [-0.1, -0.05) is 38.0 Å². The summed E-state index contributed by atoms with van der Waals surface area (Å²) in [6, 6.07) is 6.90. The summed E-state index contributed by atoms with van der Waals surface area (Å²) in [7, 11) is 0. The molecule has 7 nitrogen and oxygen atoms in total. The van der Waals surface area contributed by atoms with Crippen LogP contribution in [0.2, 0.25) is 0 Å². The van der Waals surface area contributed by atoms with Gasteiger partial charge in [0.2, 0.25) is 0 Å². The van der Waals surface area contributed by atoms with E-state index in [-0.39, 0.29) is 29.8 Å². The summed E-state index contributed by atoms with van der Waals surface area (Å²) in [4.78, 5) is 37.0. The molecule has 1 saturated carbocycles. The molecule has 0 radical (unpaired) electrons. The van der Waals surface area contributed by atoms with Crippen LogP contribution in [0.4, 0.5) is 0 Å². The number of hydrogen-bond donors (Lipinski definition) is 1. The molecule has 0 aliphatic heterocycles. The van der Waals surface area contributed by atoms with Gasteiger partial charge >= 0.3 is 5.97 Å². The van der Waals surface area contributed by atoms with E-state index in [1.54, 1.807) is 31.2 Å². The summed E-state index contributed by atoms with van der Waals surface area (Å²) in [5, 5.41) is 7.91. The van der Waals surface area contributed by atoms with Gasteiger partial charge < -0.3 is 10.1 Å². The van der Waals surface area contributed by atoms with Gasteiger partial charge in [-0.05, 0) is 31.7 Å². The molecule has 1 fully saturated rings. The lowest BCUT2D eigenvalue weighted by Crippen LogP contribution is -2.43. The van der Waals surface area contributed by atoms with Gasteiger partial charge in [-0.25, -0.2) is 9.48 Å². The number of esters is 1. The fourth-order valence-corrected chi connectivity index (χ4v) is 3.58. The molecule has 3 rings (SSSR count). The second kappa shape index (κ2) is 8.33. The standard InChI is InChI=1S/C20H25N3O4/c1-3-23-19(25)15-10-6-5-9-14(15)18(22-23)20(26)27-12-17(24)21-16-11-7-4-8-13(16)2/h5-6,9-10,13,16H,3-4,7-8,11-12H2,1-2H3,(H,21,24). The number of hydrogen-bond acceptors (Lipinski definition) is 5. The molecule has 2 unspecified atom stereocenters. The van der Waals surface area contributed by atoms with Gasteiger partial charge in [-0.3, -0.25) is 9.59 Å². The Bertz CT molecular complexity index is 906. The summed E-state index contributed by atoms with van der Waals surface area (Å²) in [5.74, 6) is -0.590. The maximum atomic E-state index is 12.5. The summed E-state index contributed by atoms with van der Waals surface area (Å²) in [6.45, 7) is 3.88. The Morgan fingerprint density at radius 1 is 1.22 bits per heavy atom. The molecular weight excluding hydrogens is 346 g/mol. The molecule has 27 heavy (non-hydrogen) atoms. The fraction of sp³-hybridized carbons (Fsp3) is 0.500. The van der Waals surface area contributed by atoms with Crippen LogP contribution in [0, 0.1) is 5.92 Å². The van der Waals surface area contributed by atoms with E-state index in [0.29, 0.717) is 23.2 Å². The quantitative estimate of drug-likeness (QED) is 0.814. The Morgan fingerprint density at radius 2 is 1.93 bits per heavy atom. The number of amides is 1. The van der Waals surface area contributed by atoms with E-state index in [9.17, 15) is 14.4 Å². The number of carbonyl (C=O) groups excluding carboxylic acids is 2. The third-order valence-corrected chi connectivity index (χ3v) is 5.15. The highest BCUT2D eigenvalue weighted by molar-refractivity contribution is 6.02. The number of aryl methyl sites for hydroxylation is 1. The number of carbonyl (C=O) groups is 2. The largest absolute Gasteiger partial charge is 0.451 e. The maximum Gasteiger partial charge on any atom is 0.359 e. The van der Waals surface area contributed by atoms with Crippen LogP contribution in [0.15, 0.2) is 29.1 Å². The van der Waals surface area contributed by atoms with Gasteiger partial charge in [-0.2, -0.15) is 5.10 Å². The highest BCUT2D eigenvalue weighted by Gasteiger charge is 2.24. The molecule has 7 heteroatoms. The Morgan fingerprint density at radius 3 is 2.63 bits per heavy atom. The number of fused-ring (bicyclic) bond motifs is 1. The molecule has 1 aromatic heterocycles. The Balaban J connectivity index is 1.72. The highest BCUT2D eigenvalue weighted by Crippen LogP contribution is 2.23. The lowest BCUT2D eigenvalue weighted by Gasteiger charge is -2.29. The molecule has 2 atom stereocenters. The Labute approximate surface area is 157 Å². The lowest BCUT2D eigenvalue weighted by atomic mass is 9.86. The predicted molar refractivity (Wildman–Crippen MR) is 102 cm³/mol. The number of nitrogens with zero attached hydrogens (tertiary/aromatic N) is 2. The predicted octanol–water partition coefficient (Wildman–Crippen LogP) is 2.27. The molecule has 0 bridgehead atoms. The van der Waals surface area contributed by atoms with Gasteiger partial charge in [-0.15, -0.1) is 0 Å². The van der Waals surface area contributed by atoms with E-state index in [1.807, 2.05) is 0 Å². The molecule has 1 aliphatic rings. The van der Waals surface area contributed by atoms with Crippen molar-refractivity contribution in [2.75, 3.05) is 6.61 Å². The van der Waals surface area contributed by atoms with Crippen molar-refractivity contribution in [3.8, 4) is 0 Å². The second-order valence-electron chi connectivity index (χ2n) is 7.03. The fourth-order valence-electron chi connectivity index (χ4n) is 3.58. The molecule has 0 spiro atoms. The molecule has 1 N–H and O–H groups in total. The minimum Gasteiger partial charge on any atom is -0.451 e. The zero-order valence-electron chi connectivity index (χ0n) is 15.7. The molecule has 1 aliphatic carbocycles. The van der Waals surface area contributed by atoms with Crippen molar-refractivity contribution in [1.29, 1.82) is 0 Å². The zero-order valence-corrected chi connectivity index (χ0v) is 15.7. The summed E-state index contributed by atoms with van der Waals surface area (Å²) in [5.41, 5.74) is -0.209. The Hall–Kier alpha value is -2.70. The lowest BCUT2D eigenvalue weighted by molar-refractivity contribution is -0.125.